The van der Waals surface area contributed by atoms with E-state index in [4.69, 9.17) is 40.5 Å². The number of fused-ring (bicyclic) bond motifs is 1. The van der Waals surface area contributed by atoms with Crippen LogP contribution in [0.5, 0.6) is 0 Å². The van der Waals surface area contributed by atoms with Gasteiger partial charge in [-0.3, -0.25) is 4.98 Å². The lowest BCUT2D eigenvalue weighted by Crippen LogP contribution is -2.44. The number of pyridine rings is 2. The molecule has 0 spiro atoms. The van der Waals surface area contributed by atoms with E-state index in [2.05, 4.69) is 4.72 Å². The van der Waals surface area contributed by atoms with Crippen molar-refractivity contribution in [2.45, 2.75) is 116 Å². The van der Waals surface area contributed by atoms with Crippen LogP contribution in [0.3, 0.4) is 0 Å². The smallest absolute Gasteiger partial charge is 0.425 e. The first-order valence-corrected chi connectivity index (χ1v) is 19.6. The molecule has 2 amide bonds. The number of imide groups is 1. The molecule has 3 unspecified atom stereocenters. The van der Waals surface area contributed by atoms with Gasteiger partial charge in [0, 0.05) is 21.3 Å². The third-order valence-corrected chi connectivity index (χ3v) is 11.1. The van der Waals surface area contributed by atoms with E-state index in [1.54, 1.807) is 53.8 Å². The van der Waals surface area contributed by atoms with Gasteiger partial charge in [0.2, 0.25) is 0 Å². The van der Waals surface area contributed by atoms with Crippen LogP contribution in [0, 0.1) is 0 Å². The molecule has 5 rings (SSSR count). The van der Waals surface area contributed by atoms with Crippen molar-refractivity contribution in [2.24, 2.45) is 0 Å². The van der Waals surface area contributed by atoms with E-state index < -0.39 is 56.6 Å². The van der Waals surface area contributed by atoms with Gasteiger partial charge in [-0.25, -0.2) is 23.5 Å². The minimum Gasteiger partial charge on any atom is -0.443 e. The van der Waals surface area contributed by atoms with E-state index in [-0.39, 0.29) is 16.5 Å². The second kappa shape index (κ2) is 14.6. The Morgan fingerprint density at radius 1 is 0.962 bits per heavy atom. The Balaban J connectivity index is 1.64. The van der Waals surface area contributed by atoms with Crippen molar-refractivity contribution >= 4 is 62.0 Å². The van der Waals surface area contributed by atoms with Crippen LogP contribution in [0.2, 0.25) is 5.02 Å². The average Bonchev–Trinajstić information content (AvgIpc) is 3.58. The average molecular weight is 785 g/mol. The van der Waals surface area contributed by atoms with Crippen molar-refractivity contribution in [1.29, 1.82) is 0 Å². The third kappa shape index (κ3) is 9.62. The normalized spacial score (nSPS) is 18.8. The van der Waals surface area contributed by atoms with Gasteiger partial charge >= 0.3 is 12.2 Å². The summed E-state index contributed by atoms with van der Waals surface area (Å²) in [4.78, 5) is 38.1. The Morgan fingerprint density at radius 2 is 1.60 bits per heavy atom. The van der Waals surface area contributed by atoms with Gasteiger partial charge in [-0.1, -0.05) is 29.8 Å². The number of benzene rings is 1. The fourth-order valence-electron chi connectivity index (χ4n) is 5.57. The standard InChI is InChI=1S/C39H49ClN4O7S2/c1-35(2,3)49-33(45)44(34(46)50-36(4,5)6)29-17-16-26(40)30(42-29)31(43-53(47)37(7,8)9)28-20-23-14-13-15-25(32(23)52-28)27-21-24(18-19-41-27)39(12)22-48-38(10,11)51-39/h13-21,31,43H,22H2,1-12H3. The van der Waals surface area contributed by atoms with Gasteiger partial charge in [-0.05, 0) is 124 Å². The Labute approximate surface area is 323 Å². The van der Waals surface area contributed by atoms with Crippen LogP contribution < -0.4 is 9.62 Å². The Hall–Kier alpha value is -3.46. The molecule has 1 saturated heterocycles. The second-order valence-electron chi connectivity index (χ2n) is 16.6. The monoisotopic (exact) mass is 784 g/mol. The maximum absolute atomic E-state index is 13.8. The first kappa shape index (κ1) is 40.7. The molecular formula is C39H49ClN4O7S2. The SMILES string of the molecule is CC(C)(C)OC(=O)N(C(=O)OC(C)(C)C)c1ccc(Cl)c(C(NS(=O)C(C)(C)C)c2cc3cccc(-c4cc(C5(C)COC(C)(C)O5)ccn4)c3s2)n1. The third-order valence-electron chi connectivity index (χ3n) is 7.95. The number of nitrogens with zero attached hydrogens (tertiary/aromatic N) is 3. The molecule has 1 N–H and O–H groups in total. The van der Waals surface area contributed by atoms with Crippen molar-refractivity contribution in [1.82, 2.24) is 14.7 Å². The molecule has 286 valence electrons. The molecule has 14 heteroatoms. The van der Waals surface area contributed by atoms with Crippen molar-refractivity contribution in [2.75, 3.05) is 11.5 Å². The van der Waals surface area contributed by atoms with Gasteiger partial charge in [-0.15, -0.1) is 11.3 Å². The number of anilines is 1. The number of halogens is 1. The number of hydrogen-bond donors (Lipinski definition) is 1. The summed E-state index contributed by atoms with van der Waals surface area (Å²) >= 11 is 8.35. The summed E-state index contributed by atoms with van der Waals surface area (Å²) in [5.74, 6) is -0.779. The van der Waals surface area contributed by atoms with E-state index in [1.165, 1.54) is 17.4 Å². The highest BCUT2D eigenvalue weighted by Gasteiger charge is 2.43. The Kier molecular flexibility index (Phi) is 11.3. The summed E-state index contributed by atoms with van der Waals surface area (Å²) in [7, 11) is -1.59. The predicted octanol–water partition coefficient (Wildman–Crippen LogP) is 9.83. The van der Waals surface area contributed by atoms with Gasteiger partial charge < -0.3 is 18.9 Å². The minimum absolute atomic E-state index is 0.0705. The van der Waals surface area contributed by atoms with Crippen LogP contribution in [0.1, 0.15) is 105 Å². The molecular weight excluding hydrogens is 736 g/mol. The highest BCUT2D eigenvalue weighted by Crippen LogP contribution is 2.43. The number of hydrogen-bond acceptors (Lipinski definition) is 10. The zero-order chi connectivity index (χ0) is 39.3. The van der Waals surface area contributed by atoms with E-state index in [0.29, 0.717) is 6.61 Å². The fraction of sp³-hybridized carbons (Fsp3) is 0.487. The second-order valence-corrected chi connectivity index (χ2v) is 20.1. The number of amides is 2. The van der Waals surface area contributed by atoms with Crippen LogP contribution in [-0.2, 0) is 35.5 Å². The molecule has 0 saturated carbocycles. The number of carbonyl (C=O) groups excluding carboxylic acids is 2. The Morgan fingerprint density at radius 3 is 2.17 bits per heavy atom. The molecule has 3 aromatic heterocycles. The van der Waals surface area contributed by atoms with E-state index in [9.17, 15) is 13.8 Å². The highest BCUT2D eigenvalue weighted by molar-refractivity contribution is 7.84. The lowest BCUT2D eigenvalue weighted by atomic mass is 9.96. The van der Waals surface area contributed by atoms with Gasteiger partial charge in [0.05, 0.1) is 44.8 Å². The van der Waals surface area contributed by atoms with Crippen LogP contribution >= 0.6 is 22.9 Å². The summed E-state index contributed by atoms with van der Waals surface area (Å²) < 4.78 is 40.7. The number of nitrogens with one attached hydrogen (secondary N) is 1. The first-order chi connectivity index (χ1) is 24.4. The maximum atomic E-state index is 13.8. The van der Waals surface area contributed by atoms with E-state index in [0.717, 1.165) is 36.7 Å². The molecule has 1 aliphatic rings. The molecule has 1 aliphatic heterocycles. The fourth-order valence-corrected chi connectivity index (χ4v) is 7.90. The first-order valence-electron chi connectivity index (χ1n) is 17.3. The van der Waals surface area contributed by atoms with Crippen LogP contribution in [0.25, 0.3) is 21.3 Å². The summed E-state index contributed by atoms with van der Waals surface area (Å²) in [6, 6.07) is 14.1. The largest absolute Gasteiger partial charge is 0.443 e. The Bertz CT molecular complexity index is 2020. The van der Waals surface area contributed by atoms with Crippen molar-refractivity contribution in [3.8, 4) is 11.3 Å². The van der Waals surface area contributed by atoms with Crippen molar-refractivity contribution < 1.29 is 32.7 Å². The lowest BCUT2D eigenvalue weighted by molar-refractivity contribution is -0.159. The molecule has 3 atom stereocenters. The van der Waals surface area contributed by atoms with Gasteiger partial charge in [-0.2, -0.15) is 4.90 Å². The zero-order valence-electron chi connectivity index (χ0n) is 32.4. The zero-order valence-corrected chi connectivity index (χ0v) is 34.8. The van der Waals surface area contributed by atoms with Crippen LogP contribution in [0.4, 0.5) is 15.4 Å². The number of carbonyl (C=O) groups is 2. The summed E-state index contributed by atoms with van der Waals surface area (Å²) in [6.45, 7) is 21.9. The molecule has 0 aliphatic carbocycles. The van der Waals surface area contributed by atoms with Gasteiger partial charge in [0.1, 0.15) is 22.6 Å². The topological polar surface area (TPSA) is 129 Å². The number of aromatic nitrogens is 2. The number of thiophene rings is 1. The van der Waals surface area contributed by atoms with Crippen LogP contribution in [0.15, 0.2) is 54.7 Å². The molecule has 0 bridgehead atoms. The van der Waals surface area contributed by atoms with Crippen molar-refractivity contribution in [3.63, 3.8) is 0 Å². The molecule has 0 radical (unpaired) electrons. The van der Waals surface area contributed by atoms with Crippen molar-refractivity contribution in [3.05, 3.63) is 75.9 Å². The summed E-state index contributed by atoms with van der Waals surface area (Å²) in [6.07, 6.45) is -0.169. The lowest BCUT2D eigenvalue weighted by Gasteiger charge is -2.29. The van der Waals surface area contributed by atoms with Crippen LogP contribution in [-0.4, -0.2) is 54.7 Å². The molecule has 1 aromatic carbocycles. The molecule has 4 heterocycles. The molecule has 11 nitrogen and oxygen atoms in total. The molecule has 53 heavy (non-hydrogen) atoms. The number of ether oxygens (including phenoxy) is 4. The maximum Gasteiger partial charge on any atom is 0.425 e. The van der Waals surface area contributed by atoms with E-state index in [1.807, 2.05) is 77.9 Å². The quantitative estimate of drug-likeness (QED) is 0.195. The number of rotatable bonds is 7. The summed E-state index contributed by atoms with van der Waals surface area (Å²) in [5, 5.41) is 1.15. The van der Waals surface area contributed by atoms with Gasteiger partial charge in [0.25, 0.3) is 0 Å². The van der Waals surface area contributed by atoms with Gasteiger partial charge in [0.15, 0.2) is 5.79 Å². The van der Waals surface area contributed by atoms with E-state index >= 15 is 0 Å². The molecule has 1 fully saturated rings. The predicted molar refractivity (Wildman–Crippen MR) is 211 cm³/mol. The summed E-state index contributed by atoms with van der Waals surface area (Å²) in [5.41, 5.74) is 0.344. The molecule has 4 aromatic rings. The minimum atomic E-state index is -1.59. The highest BCUT2D eigenvalue weighted by atomic mass is 35.5.